The van der Waals surface area contributed by atoms with E-state index in [1.807, 2.05) is 19.1 Å². The zero-order valence-corrected chi connectivity index (χ0v) is 18.4. The Labute approximate surface area is 182 Å². The van der Waals surface area contributed by atoms with Crippen LogP contribution in [0.15, 0.2) is 40.9 Å². The van der Waals surface area contributed by atoms with E-state index in [1.54, 1.807) is 38.4 Å². The van der Waals surface area contributed by atoms with Gasteiger partial charge >= 0.3 is 0 Å². The smallest absolute Gasteiger partial charge is 0.262 e. The van der Waals surface area contributed by atoms with Crippen molar-refractivity contribution in [3.05, 3.63) is 63.1 Å². The molecular formula is C22H20BrN3O4. The molecule has 2 aliphatic rings. The van der Waals surface area contributed by atoms with Gasteiger partial charge in [0.1, 0.15) is 12.6 Å². The molecule has 1 atom stereocenters. The summed E-state index contributed by atoms with van der Waals surface area (Å²) in [5, 5.41) is 0. The van der Waals surface area contributed by atoms with E-state index in [9.17, 15) is 19.2 Å². The van der Waals surface area contributed by atoms with Crippen molar-refractivity contribution in [2.75, 3.05) is 25.5 Å². The molecule has 0 radical (unpaired) electrons. The molecule has 2 aromatic carbocycles. The van der Waals surface area contributed by atoms with Crippen LogP contribution in [0.3, 0.4) is 0 Å². The second-order valence-electron chi connectivity index (χ2n) is 7.70. The molecule has 2 aromatic rings. The average molecular weight is 470 g/mol. The van der Waals surface area contributed by atoms with Gasteiger partial charge in [0.05, 0.1) is 11.1 Å². The van der Waals surface area contributed by atoms with Crippen molar-refractivity contribution in [2.24, 2.45) is 0 Å². The molecule has 0 bridgehead atoms. The third-order valence-electron chi connectivity index (χ3n) is 5.48. The van der Waals surface area contributed by atoms with Crippen LogP contribution in [0.2, 0.25) is 0 Å². The third-order valence-corrected chi connectivity index (χ3v) is 6.19. The molecule has 1 unspecified atom stereocenters. The number of nitrogens with zero attached hydrogens (tertiary/aromatic N) is 3. The summed E-state index contributed by atoms with van der Waals surface area (Å²) in [4.78, 5) is 55.7. The number of hydrogen-bond acceptors (Lipinski definition) is 4. The van der Waals surface area contributed by atoms with Gasteiger partial charge in [-0.25, -0.2) is 0 Å². The van der Waals surface area contributed by atoms with E-state index < -0.39 is 23.8 Å². The lowest BCUT2D eigenvalue weighted by Gasteiger charge is -2.38. The van der Waals surface area contributed by atoms with E-state index in [0.29, 0.717) is 16.8 Å². The molecule has 4 amide bonds. The minimum Gasteiger partial charge on any atom is -0.347 e. The molecule has 0 aliphatic carbocycles. The highest BCUT2D eigenvalue weighted by atomic mass is 79.9. The number of likely N-dealkylation sites (N-methyl/N-ethyl adjacent to an activating group) is 1. The highest BCUT2D eigenvalue weighted by molar-refractivity contribution is 9.10. The minimum atomic E-state index is -1.01. The third kappa shape index (κ3) is 3.11. The van der Waals surface area contributed by atoms with Gasteiger partial charge in [-0.3, -0.25) is 24.1 Å². The molecular weight excluding hydrogens is 450 g/mol. The highest BCUT2D eigenvalue weighted by Crippen LogP contribution is 2.38. The second-order valence-corrected chi connectivity index (χ2v) is 8.56. The molecule has 0 saturated carbocycles. The van der Waals surface area contributed by atoms with Gasteiger partial charge in [0.25, 0.3) is 17.7 Å². The average Bonchev–Trinajstić information content (AvgIpc) is 2.95. The van der Waals surface area contributed by atoms with E-state index in [4.69, 9.17) is 0 Å². The number of carbonyl (C=O) groups excluding carboxylic acids is 4. The van der Waals surface area contributed by atoms with Crippen LogP contribution < -0.4 is 4.90 Å². The maximum Gasteiger partial charge on any atom is 0.262 e. The first-order valence-corrected chi connectivity index (χ1v) is 10.3. The van der Waals surface area contributed by atoms with Gasteiger partial charge in [-0.05, 0) is 42.3 Å². The number of aryl methyl sites for hydroxylation is 1. The largest absolute Gasteiger partial charge is 0.347 e. The molecule has 0 N–H and O–H groups in total. The van der Waals surface area contributed by atoms with Gasteiger partial charge < -0.3 is 9.80 Å². The number of amides is 4. The van der Waals surface area contributed by atoms with E-state index in [0.717, 1.165) is 20.5 Å². The molecule has 154 valence electrons. The van der Waals surface area contributed by atoms with Crippen LogP contribution in [-0.2, 0) is 16.0 Å². The van der Waals surface area contributed by atoms with Gasteiger partial charge in [0, 0.05) is 30.7 Å². The molecule has 7 nitrogen and oxygen atoms in total. The summed E-state index contributed by atoms with van der Waals surface area (Å²) in [7, 11) is 3.23. The van der Waals surface area contributed by atoms with E-state index in [2.05, 4.69) is 15.9 Å². The van der Waals surface area contributed by atoms with Crippen molar-refractivity contribution in [1.29, 1.82) is 0 Å². The fourth-order valence-electron chi connectivity index (χ4n) is 3.91. The fourth-order valence-corrected chi connectivity index (χ4v) is 4.63. The summed E-state index contributed by atoms with van der Waals surface area (Å²) < 4.78 is 0.772. The Kier molecular flexibility index (Phi) is 4.97. The molecule has 2 aliphatic heterocycles. The van der Waals surface area contributed by atoms with Crippen molar-refractivity contribution in [3.63, 3.8) is 0 Å². The number of hydrogen-bond donors (Lipinski definition) is 0. The maximum atomic E-state index is 13.5. The van der Waals surface area contributed by atoms with Crippen molar-refractivity contribution in [1.82, 2.24) is 9.80 Å². The highest BCUT2D eigenvalue weighted by Gasteiger charge is 2.47. The topological polar surface area (TPSA) is 78.0 Å². The Morgan fingerprint density at radius 2 is 1.70 bits per heavy atom. The number of halogens is 1. The predicted molar refractivity (Wildman–Crippen MR) is 114 cm³/mol. The minimum absolute atomic E-state index is 0.172. The standard InChI is InChI=1S/C22H20BrN3O4/c1-12-8-16(23)15-10-18(22(30)25(17(15)9-12)11-19(27)24(2)3)26-20(28)13-6-4-5-7-14(13)21(26)29/h4-9,18H,10-11H2,1-3H3. The molecule has 0 aromatic heterocycles. The molecule has 30 heavy (non-hydrogen) atoms. The number of fused-ring (bicyclic) bond motifs is 2. The number of benzene rings is 2. The van der Waals surface area contributed by atoms with Crippen molar-refractivity contribution >= 4 is 45.2 Å². The van der Waals surface area contributed by atoms with E-state index in [1.165, 1.54) is 9.80 Å². The summed E-state index contributed by atoms with van der Waals surface area (Å²) in [6.07, 6.45) is 0.188. The van der Waals surface area contributed by atoms with Crippen LogP contribution in [0.25, 0.3) is 0 Å². The van der Waals surface area contributed by atoms with Crippen LogP contribution in [0.5, 0.6) is 0 Å². The molecule has 2 heterocycles. The zero-order valence-electron chi connectivity index (χ0n) is 16.8. The Morgan fingerprint density at radius 3 is 2.27 bits per heavy atom. The lowest BCUT2D eigenvalue weighted by molar-refractivity contribution is -0.130. The Hall–Kier alpha value is -3.00. The number of anilines is 1. The van der Waals surface area contributed by atoms with Crippen LogP contribution in [0.4, 0.5) is 5.69 Å². The zero-order chi connectivity index (χ0) is 21.7. The van der Waals surface area contributed by atoms with Gasteiger partial charge in [0.2, 0.25) is 5.91 Å². The van der Waals surface area contributed by atoms with Crippen molar-refractivity contribution in [3.8, 4) is 0 Å². The SMILES string of the molecule is Cc1cc(Br)c2c(c1)N(CC(=O)N(C)C)C(=O)C(N1C(=O)c3ccccc3C1=O)C2. The van der Waals surface area contributed by atoms with Crippen molar-refractivity contribution in [2.45, 2.75) is 19.4 Å². The quantitative estimate of drug-likeness (QED) is 0.646. The monoisotopic (exact) mass is 469 g/mol. The van der Waals surface area contributed by atoms with Gasteiger partial charge in [0.15, 0.2) is 0 Å². The van der Waals surface area contributed by atoms with Gasteiger partial charge in [-0.15, -0.1) is 0 Å². The van der Waals surface area contributed by atoms with Crippen LogP contribution in [0, 0.1) is 6.92 Å². The van der Waals surface area contributed by atoms with Crippen LogP contribution in [-0.4, -0.2) is 60.1 Å². The molecule has 0 fully saturated rings. The summed E-state index contributed by atoms with van der Waals surface area (Å²) in [6.45, 7) is 1.73. The first-order valence-electron chi connectivity index (χ1n) is 9.48. The van der Waals surface area contributed by atoms with Crippen LogP contribution >= 0.6 is 15.9 Å². The van der Waals surface area contributed by atoms with E-state index in [-0.39, 0.29) is 18.9 Å². The lowest BCUT2D eigenvalue weighted by atomic mass is 9.94. The first-order chi connectivity index (χ1) is 14.2. The second kappa shape index (κ2) is 7.36. The lowest BCUT2D eigenvalue weighted by Crippen LogP contribution is -2.56. The molecule has 8 heteroatoms. The van der Waals surface area contributed by atoms with Crippen molar-refractivity contribution < 1.29 is 19.2 Å². The number of carbonyl (C=O) groups is 4. The van der Waals surface area contributed by atoms with E-state index >= 15 is 0 Å². The normalized spacial score (nSPS) is 17.9. The molecule has 0 spiro atoms. The van der Waals surface area contributed by atoms with Gasteiger partial charge in [-0.2, -0.15) is 0 Å². The number of rotatable bonds is 3. The summed E-state index contributed by atoms with van der Waals surface area (Å²) in [5.41, 5.74) is 2.91. The fraction of sp³-hybridized carbons (Fsp3) is 0.273. The van der Waals surface area contributed by atoms with Gasteiger partial charge in [-0.1, -0.05) is 28.1 Å². The first kappa shape index (κ1) is 20.3. The Bertz CT molecular complexity index is 1080. The Balaban J connectivity index is 1.80. The summed E-state index contributed by atoms with van der Waals surface area (Å²) in [6, 6.07) is 9.30. The Morgan fingerprint density at radius 1 is 1.10 bits per heavy atom. The van der Waals surface area contributed by atoms with Crippen LogP contribution in [0.1, 0.15) is 31.8 Å². The number of imide groups is 1. The summed E-state index contributed by atoms with van der Waals surface area (Å²) >= 11 is 3.55. The molecule has 0 saturated heterocycles. The summed E-state index contributed by atoms with van der Waals surface area (Å²) in [5.74, 6) is -1.67. The molecule has 4 rings (SSSR count). The predicted octanol–water partition coefficient (Wildman–Crippen LogP) is 2.40. The maximum absolute atomic E-state index is 13.5.